The van der Waals surface area contributed by atoms with Gasteiger partial charge in [0.2, 0.25) is 0 Å². The molecule has 64 valence electrons. The van der Waals surface area contributed by atoms with Crippen molar-refractivity contribution in [3.05, 3.63) is 11.8 Å². The van der Waals surface area contributed by atoms with Gasteiger partial charge in [-0.25, -0.2) is 0 Å². The summed E-state index contributed by atoms with van der Waals surface area (Å²) in [4.78, 5) is 11.3. The molecule has 0 aromatic heterocycles. The van der Waals surface area contributed by atoms with E-state index in [1.807, 2.05) is 13.8 Å². The maximum absolute atomic E-state index is 11.2. The van der Waals surface area contributed by atoms with Crippen LogP contribution in [0.2, 0.25) is 0 Å². The van der Waals surface area contributed by atoms with Crippen molar-refractivity contribution in [2.75, 3.05) is 0 Å². The SMILES string of the molecule is CCC(=CO)C(=O)CC(C)Br. The van der Waals surface area contributed by atoms with Gasteiger partial charge in [0, 0.05) is 16.8 Å². The van der Waals surface area contributed by atoms with Gasteiger partial charge in [0.15, 0.2) is 5.78 Å². The fourth-order valence-corrected chi connectivity index (χ4v) is 1.04. The van der Waals surface area contributed by atoms with Gasteiger partial charge in [0.05, 0.1) is 6.26 Å². The van der Waals surface area contributed by atoms with Crippen molar-refractivity contribution < 1.29 is 9.90 Å². The van der Waals surface area contributed by atoms with Gasteiger partial charge in [0.25, 0.3) is 0 Å². The van der Waals surface area contributed by atoms with Crippen LogP contribution in [0.4, 0.5) is 0 Å². The minimum atomic E-state index is 0.0133. The summed E-state index contributed by atoms with van der Waals surface area (Å²) in [6, 6.07) is 0. The molecule has 0 aliphatic carbocycles. The van der Waals surface area contributed by atoms with Crippen LogP contribution in [0, 0.1) is 0 Å². The van der Waals surface area contributed by atoms with Crippen LogP contribution >= 0.6 is 15.9 Å². The highest BCUT2D eigenvalue weighted by Gasteiger charge is 2.09. The summed E-state index contributed by atoms with van der Waals surface area (Å²) in [6.45, 7) is 3.75. The summed E-state index contributed by atoms with van der Waals surface area (Å²) in [5, 5.41) is 8.61. The number of hydrogen-bond donors (Lipinski definition) is 1. The largest absolute Gasteiger partial charge is 0.515 e. The number of aliphatic hydroxyl groups excluding tert-OH is 1. The maximum atomic E-state index is 11.2. The Hall–Kier alpha value is -0.310. The molecule has 0 spiro atoms. The number of carbonyl (C=O) groups is 1. The monoisotopic (exact) mass is 220 g/mol. The van der Waals surface area contributed by atoms with Gasteiger partial charge in [-0.15, -0.1) is 0 Å². The van der Waals surface area contributed by atoms with Gasteiger partial charge in [0.1, 0.15) is 0 Å². The molecule has 0 aromatic carbocycles. The number of aliphatic hydroxyl groups is 1. The van der Waals surface area contributed by atoms with Gasteiger partial charge < -0.3 is 5.11 Å². The number of alkyl halides is 1. The first-order valence-electron chi connectivity index (χ1n) is 3.62. The molecule has 0 saturated carbocycles. The third kappa shape index (κ3) is 4.19. The summed E-state index contributed by atoms with van der Waals surface area (Å²) < 4.78 is 0. The van der Waals surface area contributed by atoms with Crippen molar-refractivity contribution in [2.24, 2.45) is 0 Å². The second-order valence-corrected chi connectivity index (χ2v) is 3.98. The molecule has 0 heterocycles. The van der Waals surface area contributed by atoms with E-state index < -0.39 is 0 Å². The second-order valence-electron chi connectivity index (χ2n) is 2.42. The lowest BCUT2D eigenvalue weighted by Gasteiger charge is -2.02. The highest BCUT2D eigenvalue weighted by molar-refractivity contribution is 9.09. The van der Waals surface area contributed by atoms with Crippen LogP contribution in [0.3, 0.4) is 0 Å². The minimum absolute atomic E-state index is 0.0133. The van der Waals surface area contributed by atoms with E-state index in [0.717, 1.165) is 6.26 Å². The van der Waals surface area contributed by atoms with Crippen molar-refractivity contribution in [1.29, 1.82) is 0 Å². The lowest BCUT2D eigenvalue weighted by atomic mass is 10.1. The molecule has 0 bridgehead atoms. The molecule has 2 nitrogen and oxygen atoms in total. The van der Waals surface area contributed by atoms with Crippen LogP contribution in [-0.4, -0.2) is 15.7 Å². The fraction of sp³-hybridized carbons (Fsp3) is 0.625. The number of rotatable bonds is 4. The maximum Gasteiger partial charge on any atom is 0.163 e. The molecular formula is C8H13BrO2. The Bertz CT molecular complexity index is 161. The van der Waals surface area contributed by atoms with Crippen molar-refractivity contribution in [3.8, 4) is 0 Å². The first kappa shape index (κ1) is 10.7. The zero-order valence-corrected chi connectivity index (χ0v) is 8.39. The first-order chi connectivity index (χ1) is 5.11. The summed E-state index contributed by atoms with van der Waals surface area (Å²) >= 11 is 3.27. The lowest BCUT2D eigenvalue weighted by molar-refractivity contribution is -0.115. The fourth-order valence-electron chi connectivity index (χ4n) is 0.747. The average molecular weight is 221 g/mol. The number of carbonyl (C=O) groups excluding carboxylic acids is 1. The lowest BCUT2D eigenvalue weighted by Crippen LogP contribution is -2.07. The van der Waals surface area contributed by atoms with Crippen molar-refractivity contribution >= 4 is 21.7 Å². The van der Waals surface area contributed by atoms with Gasteiger partial charge >= 0.3 is 0 Å². The third-order valence-electron chi connectivity index (χ3n) is 1.36. The van der Waals surface area contributed by atoms with Crippen LogP contribution in [0.25, 0.3) is 0 Å². The van der Waals surface area contributed by atoms with Crippen molar-refractivity contribution in [1.82, 2.24) is 0 Å². The molecule has 0 aliphatic rings. The van der Waals surface area contributed by atoms with E-state index in [4.69, 9.17) is 5.11 Å². The van der Waals surface area contributed by atoms with E-state index in [2.05, 4.69) is 15.9 Å². The molecule has 0 amide bonds. The third-order valence-corrected chi connectivity index (χ3v) is 1.69. The predicted molar refractivity (Wildman–Crippen MR) is 49.0 cm³/mol. The molecule has 1 atom stereocenters. The Labute approximate surface area is 75.4 Å². The van der Waals surface area contributed by atoms with E-state index in [9.17, 15) is 4.79 Å². The first-order valence-corrected chi connectivity index (χ1v) is 4.53. The van der Waals surface area contributed by atoms with Gasteiger partial charge in [-0.3, -0.25) is 4.79 Å². The normalized spacial score (nSPS) is 14.6. The molecule has 0 rings (SSSR count). The molecular weight excluding hydrogens is 208 g/mol. The number of Topliss-reactive ketones (excluding diaryl/α,β-unsaturated/α-hetero) is 1. The van der Waals surface area contributed by atoms with Gasteiger partial charge in [-0.2, -0.15) is 0 Å². The zero-order chi connectivity index (χ0) is 8.85. The summed E-state index contributed by atoms with van der Waals surface area (Å²) in [6.07, 6.45) is 1.94. The Balaban J connectivity index is 4.02. The average Bonchev–Trinajstić information content (AvgIpc) is 1.88. The van der Waals surface area contributed by atoms with Crippen molar-refractivity contribution in [3.63, 3.8) is 0 Å². The van der Waals surface area contributed by atoms with Crippen molar-refractivity contribution in [2.45, 2.75) is 31.5 Å². The minimum Gasteiger partial charge on any atom is -0.515 e. The standard InChI is InChI=1S/C8H13BrO2/c1-3-7(5-10)8(11)4-6(2)9/h5-6,10H,3-4H2,1-2H3. The molecule has 3 heteroatoms. The van der Waals surface area contributed by atoms with Crippen LogP contribution in [0.1, 0.15) is 26.7 Å². The molecule has 11 heavy (non-hydrogen) atoms. The highest BCUT2D eigenvalue weighted by Crippen LogP contribution is 2.10. The van der Waals surface area contributed by atoms with E-state index >= 15 is 0 Å². The van der Waals surface area contributed by atoms with Crippen LogP contribution in [0.15, 0.2) is 11.8 Å². The smallest absolute Gasteiger partial charge is 0.163 e. The molecule has 0 fully saturated rings. The van der Waals surface area contributed by atoms with E-state index in [1.54, 1.807) is 0 Å². The molecule has 0 radical (unpaired) electrons. The quantitative estimate of drug-likeness (QED) is 0.450. The van der Waals surface area contributed by atoms with Crippen LogP contribution in [-0.2, 0) is 4.79 Å². The molecule has 0 aliphatic heterocycles. The molecule has 1 unspecified atom stereocenters. The number of hydrogen-bond acceptors (Lipinski definition) is 2. The predicted octanol–water partition coefficient (Wildman–Crippen LogP) is 2.58. The number of allylic oxidation sites excluding steroid dienone is 1. The topological polar surface area (TPSA) is 37.3 Å². The second kappa shape index (κ2) is 5.35. The van der Waals surface area contributed by atoms with Crippen LogP contribution < -0.4 is 0 Å². The van der Waals surface area contributed by atoms with E-state index in [-0.39, 0.29) is 10.6 Å². The Morgan fingerprint density at radius 3 is 2.55 bits per heavy atom. The van der Waals surface area contributed by atoms with E-state index in [0.29, 0.717) is 18.4 Å². The molecule has 0 aromatic rings. The van der Waals surface area contributed by atoms with Gasteiger partial charge in [-0.1, -0.05) is 29.8 Å². The van der Waals surface area contributed by atoms with Crippen LogP contribution in [0.5, 0.6) is 0 Å². The summed E-state index contributed by atoms with van der Waals surface area (Å²) in [7, 11) is 0. The highest BCUT2D eigenvalue weighted by atomic mass is 79.9. The zero-order valence-electron chi connectivity index (χ0n) is 6.80. The summed E-state index contributed by atoms with van der Waals surface area (Å²) in [5.41, 5.74) is 0.497. The Morgan fingerprint density at radius 1 is 1.73 bits per heavy atom. The van der Waals surface area contributed by atoms with E-state index in [1.165, 1.54) is 0 Å². The van der Waals surface area contributed by atoms with Gasteiger partial charge in [-0.05, 0) is 6.42 Å². The molecule has 1 N–H and O–H groups in total. The Morgan fingerprint density at radius 2 is 2.27 bits per heavy atom. The summed E-state index contributed by atoms with van der Waals surface area (Å²) in [5.74, 6) is 0.0133. The Kier molecular flexibility index (Phi) is 5.20. The molecule has 0 saturated heterocycles. The number of ketones is 1. The number of halogens is 1.